The molecule has 25 heavy (non-hydrogen) atoms. The zero-order chi connectivity index (χ0) is 18.4. The molecule has 0 unspecified atom stereocenters. The van der Waals surface area contributed by atoms with E-state index in [-0.39, 0.29) is 11.8 Å². The fourth-order valence-corrected chi connectivity index (χ4v) is 2.53. The van der Waals surface area contributed by atoms with E-state index in [1.54, 1.807) is 24.1 Å². The van der Waals surface area contributed by atoms with Gasteiger partial charge in [-0.1, -0.05) is 35.9 Å². The number of nitrogens with zero attached hydrogens (tertiary/aromatic N) is 1. The van der Waals surface area contributed by atoms with Crippen LogP contribution >= 0.6 is 0 Å². The maximum absolute atomic E-state index is 12.3. The van der Waals surface area contributed by atoms with Crippen LogP contribution < -0.4 is 5.32 Å². The van der Waals surface area contributed by atoms with Crippen molar-refractivity contribution in [3.63, 3.8) is 0 Å². The first-order valence-electron chi connectivity index (χ1n) is 8.22. The molecule has 0 aliphatic carbocycles. The molecular weight excluding hydrogens is 312 g/mol. The molecule has 0 aromatic heterocycles. The standard InChI is InChI=1S/C21H24N2O2/c1-15-5-9-19(16(2)13-15)14-23(4)21(25)12-8-18-6-10-20(11-7-18)22-17(3)24/h5-13H,14H2,1-4H3,(H,22,24). The van der Waals surface area contributed by atoms with Crippen molar-refractivity contribution in [2.75, 3.05) is 12.4 Å². The van der Waals surface area contributed by atoms with E-state index >= 15 is 0 Å². The van der Waals surface area contributed by atoms with Crippen LogP contribution in [0.25, 0.3) is 6.08 Å². The molecule has 1 N–H and O–H groups in total. The highest BCUT2D eigenvalue weighted by molar-refractivity contribution is 5.92. The molecule has 0 saturated carbocycles. The summed E-state index contributed by atoms with van der Waals surface area (Å²) < 4.78 is 0. The van der Waals surface area contributed by atoms with Gasteiger partial charge in [-0.15, -0.1) is 0 Å². The lowest BCUT2D eigenvalue weighted by Gasteiger charge is -2.17. The topological polar surface area (TPSA) is 49.4 Å². The van der Waals surface area contributed by atoms with E-state index in [1.807, 2.05) is 24.3 Å². The summed E-state index contributed by atoms with van der Waals surface area (Å²) in [5, 5.41) is 2.71. The number of carbonyl (C=O) groups is 2. The van der Waals surface area contributed by atoms with Crippen molar-refractivity contribution in [3.8, 4) is 0 Å². The van der Waals surface area contributed by atoms with E-state index < -0.39 is 0 Å². The van der Waals surface area contributed by atoms with Crippen LogP contribution in [0.5, 0.6) is 0 Å². The van der Waals surface area contributed by atoms with Crippen LogP contribution in [0.4, 0.5) is 5.69 Å². The second kappa shape index (κ2) is 8.29. The number of rotatable bonds is 5. The average Bonchev–Trinajstić information content (AvgIpc) is 2.56. The number of hydrogen-bond donors (Lipinski definition) is 1. The Morgan fingerprint density at radius 1 is 1.08 bits per heavy atom. The molecule has 0 bridgehead atoms. The number of nitrogens with one attached hydrogen (secondary N) is 1. The van der Waals surface area contributed by atoms with Gasteiger partial charge in [-0.2, -0.15) is 0 Å². The van der Waals surface area contributed by atoms with Gasteiger partial charge in [0.1, 0.15) is 0 Å². The minimum absolute atomic E-state index is 0.0501. The Morgan fingerprint density at radius 2 is 1.76 bits per heavy atom. The van der Waals surface area contributed by atoms with Gasteiger partial charge >= 0.3 is 0 Å². The fraction of sp³-hybridized carbons (Fsp3) is 0.238. The minimum Gasteiger partial charge on any atom is -0.338 e. The molecule has 130 valence electrons. The van der Waals surface area contributed by atoms with Gasteiger partial charge in [0.2, 0.25) is 11.8 Å². The Bertz CT molecular complexity index is 792. The van der Waals surface area contributed by atoms with Crippen molar-refractivity contribution in [3.05, 3.63) is 70.8 Å². The van der Waals surface area contributed by atoms with Gasteiger partial charge in [-0.3, -0.25) is 9.59 Å². The molecule has 4 nitrogen and oxygen atoms in total. The van der Waals surface area contributed by atoms with Gasteiger partial charge in [0.25, 0.3) is 0 Å². The van der Waals surface area contributed by atoms with Crippen LogP contribution in [0.1, 0.15) is 29.2 Å². The lowest BCUT2D eigenvalue weighted by Crippen LogP contribution is -2.24. The third kappa shape index (κ3) is 5.60. The molecule has 0 atom stereocenters. The Balaban J connectivity index is 1.98. The summed E-state index contributed by atoms with van der Waals surface area (Å²) in [5.41, 5.74) is 5.20. The summed E-state index contributed by atoms with van der Waals surface area (Å²) in [5.74, 6) is -0.155. The number of anilines is 1. The summed E-state index contributed by atoms with van der Waals surface area (Å²) in [7, 11) is 1.80. The van der Waals surface area contributed by atoms with Crippen LogP contribution in [0.3, 0.4) is 0 Å². The lowest BCUT2D eigenvalue weighted by molar-refractivity contribution is -0.125. The summed E-state index contributed by atoms with van der Waals surface area (Å²) in [4.78, 5) is 25.0. The molecule has 0 fully saturated rings. The van der Waals surface area contributed by atoms with Gasteiger partial charge < -0.3 is 10.2 Å². The first-order valence-corrected chi connectivity index (χ1v) is 8.22. The molecule has 2 aromatic carbocycles. The highest BCUT2D eigenvalue weighted by atomic mass is 16.2. The van der Waals surface area contributed by atoms with Gasteiger partial charge in [0.05, 0.1) is 0 Å². The van der Waals surface area contributed by atoms with Crippen molar-refractivity contribution < 1.29 is 9.59 Å². The highest BCUT2D eigenvalue weighted by Crippen LogP contribution is 2.14. The molecule has 0 aliphatic heterocycles. The van der Waals surface area contributed by atoms with E-state index in [4.69, 9.17) is 0 Å². The second-order valence-corrected chi connectivity index (χ2v) is 6.26. The van der Waals surface area contributed by atoms with E-state index in [0.717, 1.165) is 16.8 Å². The molecule has 0 aliphatic rings. The number of carbonyl (C=O) groups excluding carboxylic acids is 2. The smallest absolute Gasteiger partial charge is 0.246 e. The maximum Gasteiger partial charge on any atom is 0.246 e. The van der Waals surface area contributed by atoms with E-state index in [9.17, 15) is 9.59 Å². The van der Waals surface area contributed by atoms with Crippen molar-refractivity contribution in [2.45, 2.75) is 27.3 Å². The predicted molar refractivity (Wildman–Crippen MR) is 102 cm³/mol. The summed E-state index contributed by atoms with van der Waals surface area (Å²) in [6.07, 6.45) is 3.34. The quantitative estimate of drug-likeness (QED) is 0.841. The van der Waals surface area contributed by atoms with Crippen LogP contribution in [-0.2, 0) is 16.1 Å². The lowest BCUT2D eigenvalue weighted by atomic mass is 10.1. The summed E-state index contributed by atoms with van der Waals surface area (Å²) >= 11 is 0. The van der Waals surface area contributed by atoms with Crippen molar-refractivity contribution in [1.29, 1.82) is 0 Å². The summed E-state index contributed by atoms with van der Waals surface area (Å²) in [6, 6.07) is 13.6. The van der Waals surface area contributed by atoms with E-state index in [2.05, 4.69) is 37.4 Å². The number of benzene rings is 2. The van der Waals surface area contributed by atoms with Gasteiger partial charge in [0.15, 0.2) is 0 Å². The van der Waals surface area contributed by atoms with Crippen LogP contribution in [0, 0.1) is 13.8 Å². The molecule has 2 amide bonds. The van der Waals surface area contributed by atoms with Crippen molar-refractivity contribution in [2.24, 2.45) is 0 Å². The SMILES string of the molecule is CC(=O)Nc1ccc(C=CC(=O)N(C)Cc2ccc(C)cc2C)cc1. The Labute approximate surface area is 149 Å². The first-order chi connectivity index (χ1) is 11.8. The zero-order valence-electron chi connectivity index (χ0n) is 15.2. The number of hydrogen-bond acceptors (Lipinski definition) is 2. The van der Waals surface area contributed by atoms with Gasteiger partial charge in [-0.05, 0) is 48.7 Å². The fourth-order valence-electron chi connectivity index (χ4n) is 2.53. The van der Waals surface area contributed by atoms with E-state index in [1.165, 1.54) is 18.1 Å². The molecule has 0 radical (unpaired) electrons. The highest BCUT2D eigenvalue weighted by Gasteiger charge is 2.07. The second-order valence-electron chi connectivity index (χ2n) is 6.26. The first kappa shape index (κ1) is 18.5. The minimum atomic E-state index is -0.105. The van der Waals surface area contributed by atoms with Crippen LogP contribution in [0.2, 0.25) is 0 Å². The molecular formula is C21H24N2O2. The normalized spacial score (nSPS) is 10.7. The Morgan fingerprint density at radius 3 is 2.36 bits per heavy atom. The molecule has 0 heterocycles. The maximum atomic E-state index is 12.3. The zero-order valence-corrected chi connectivity index (χ0v) is 15.2. The Kier molecular flexibility index (Phi) is 6.12. The predicted octanol–water partition coefficient (Wildman–Crippen LogP) is 3.93. The third-order valence-electron chi connectivity index (χ3n) is 3.93. The van der Waals surface area contributed by atoms with Gasteiger partial charge in [0, 0.05) is 32.3 Å². The Hall–Kier alpha value is -2.88. The largest absolute Gasteiger partial charge is 0.338 e. The van der Waals surface area contributed by atoms with Crippen molar-refractivity contribution >= 4 is 23.6 Å². The van der Waals surface area contributed by atoms with E-state index in [0.29, 0.717) is 6.54 Å². The molecule has 2 rings (SSSR count). The number of amides is 2. The monoisotopic (exact) mass is 336 g/mol. The van der Waals surface area contributed by atoms with Crippen molar-refractivity contribution in [1.82, 2.24) is 4.90 Å². The number of aryl methyl sites for hydroxylation is 2. The summed E-state index contributed by atoms with van der Waals surface area (Å²) in [6.45, 7) is 6.17. The molecule has 0 saturated heterocycles. The molecule has 0 spiro atoms. The van der Waals surface area contributed by atoms with Crippen LogP contribution in [0.15, 0.2) is 48.5 Å². The van der Waals surface area contributed by atoms with Crippen LogP contribution in [-0.4, -0.2) is 23.8 Å². The average molecular weight is 336 g/mol. The third-order valence-corrected chi connectivity index (χ3v) is 3.93. The number of likely N-dealkylation sites (N-methyl/N-ethyl adjacent to an activating group) is 1. The molecule has 2 aromatic rings. The molecule has 4 heteroatoms. The van der Waals surface area contributed by atoms with Gasteiger partial charge in [-0.25, -0.2) is 0 Å².